The molecule has 0 aromatic carbocycles. The summed E-state index contributed by atoms with van der Waals surface area (Å²) in [6.45, 7) is 1.92. The zero-order chi connectivity index (χ0) is 14.9. The van der Waals surface area contributed by atoms with Crippen molar-refractivity contribution in [2.24, 2.45) is 0 Å². The molecule has 4 nitrogen and oxygen atoms in total. The number of carbonyl (C=O) groups excluding carboxylic acids is 1. The van der Waals surface area contributed by atoms with Crippen LogP contribution in [-0.2, 0) is 0 Å². The van der Waals surface area contributed by atoms with Crippen LogP contribution in [0.1, 0.15) is 56.4 Å². The molecule has 4 heteroatoms. The Labute approximate surface area is 132 Å². The number of amides is 2. The SMILES string of the molecule is O=C(N1CCCCC1)N1[C@@H]2CC[C@H]1CC(c1ccncc1)C2. The number of pyridine rings is 1. The Hall–Kier alpha value is -1.58. The van der Waals surface area contributed by atoms with Crippen molar-refractivity contribution in [3.8, 4) is 0 Å². The van der Waals surface area contributed by atoms with Crippen molar-refractivity contribution in [1.82, 2.24) is 14.8 Å². The summed E-state index contributed by atoms with van der Waals surface area (Å²) < 4.78 is 0. The second kappa shape index (κ2) is 5.90. The van der Waals surface area contributed by atoms with Gasteiger partial charge in [0.15, 0.2) is 0 Å². The van der Waals surface area contributed by atoms with E-state index in [0.717, 1.165) is 25.9 Å². The molecule has 22 heavy (non-hydrogen) atoms. The number of carbonyl (C=O) groups is 1. The first-order chi connectivity index (χ1) is 10.8. The first-order valence-electron chi connectivity index (χ1n) is 8.80. The number of aromatic nitrogens is 1. The Morgan fingerprint density at radius 1 is 1.00 bits per heavy atom. The predicted octanol–water partition coefficient (Wildman–Crippen LogP) is 3.40. The summed E-state index contributed by atoms with van der Waals surface area (Å²) in [6.07, 6.45) is 12.0. The van der Waals surface area contributed by atoms with Crippen LogP contribution in [0.3, 0.4) is 0 Å². The number of hydrogen-bond acceptors (Lipinski definition) is 2. The summed E-state index contributed by atoms with van der Waals surface area (Å²) in [5.41, 5.74) is 1.40. The Balaban J connectivity index is 1.48. The zero-order valence-corrected chi connectivity index (χ0v) is 13.2. The van der Waals surface area contributed by atoms with Gasteiger partial charge in [-0.25, -0.2) is 4.79 Å². The van der Waals surface area contributed by atoms with E-state index in [1.807, 2.05) is 12.4 Å². The lowest BCUT2D eigenvalue weighted by molar-refractivity contribution is 0.0991. The number of likely N-dealkylation sites (tertiary alicyclic amines) is 1. The number of nitrogens with zero attached hydrogens (tertiary/aromatic N) is 3. The second-order valence-electron chi connectivity index (χ2n) is 7.07. The van der Waals surface area contributed by atoms with E-state index in [0.29, 0.717) is 24.0 Å². The van der Waals surface area contributed by atoms with E-state index in [1.165, 1.54) is 37.7 Å². The zero-order valence-electron chi connectivity index (χ0n) is 13.2. The highest BCUT2D eigenvalue weighted by molar-refractivity contribution is 5.76. The number of fused-ring (bicyclic) bond motifs is 2. The first-order valence-corrected chi connectivity index (χ1v) is 8.80. The maximum atomic E-state index is 12.9. The molecule has 0 saturated carbocycles. The topological polar surface area (TPSA) is 36.4 Å². The van der Waals surface area contributed by atoms with Crippen molar-refractivity contribution in [1.29, 1.82) is 0 Å². The van der Waals surface area contributed by atoms with Gasteiger partial charge in [-0.05, 0) is 68.6 Å². The van der Waals surface area contributed by atoms with Crippen LogP contribution >= 0.6 is 0 Å². The monoisotopic (exact) mass is 299 g/mol. The van der Waals surface area contributed by atoms with Gasteiger partial charge in [-0.2, -0.15) is 0 Å². The van der Waals surface area contributed by atoms with Crippen LogP contribution < -0.4 is 0 Å². The lowest BCUT2D eigenvalue weighted by Crippen LogP contribution is -2.53. The third-order valence-corrected chi connectivity index (χ3v) is 5.76. The molecule has 2 bridgehead atoms. The Morgan fingerprint density at radius 2 is 1.64 bits per heavy atom. The van der Waals surface area contributed by atoms with Gasteiger partial charge in [-0.15, -0.1) is 0 Å². The molecular weight excluding hydrogens is 274 g/mol. The largest absolute Gasteiger partial charge is 0.325 e. The van der Waals surface area contributed by atoms with Gasteiger partial charge in [-0.3, -0.25) is 4.98 Å². The van der Waals surface area contributed by atoms with E-state index in [-0.39, 0.29) is 0 Å². The molecule has 1 unspecified atom stereocenters. The quantitative estimate of drug-likeness (QED) is 0.797. The van der Waals surface area contributed by atoms with Crippen LogP contribution in [0.25, 0.3) is 0 Å². The second-order valence-corrected chi connectivity index (χ2v) is 7.07. The lowest BCUT2D eigenvalue weighted by Gasteiger charge is -2.42. The molecule has 3 aliphatic rings. The molecule has 3 aliphatic heterocycles. The number of hydrogen-bond donors (Lipinski definition) is 0. The molecule has 4 heterocycles. The highest BCUT2D eigenvalue weighted by Gasteiger charge is 2.44. The standard InChI is InChI=1S/C18H25N3O/c22-18(20-10-2-1-3-11-20)21-16-4-5-17(21)13-15(12-16)14-6-8-19-9-7-14/h6-9,15-17H,1-5,10-13H2/t15?,16-,17+. The van der Waals surface area contributed by atoms with Gasteiger partial charge in [0.25, 0.3) is 0 Å². The van der Waals surface area contributed by atoms with Crippen LogP contribution in [0.5, 0.6) is 0 Å². The summed E-state index contributed by atoms with van der Waals surface area (Å²) in [7, 11) is 0. The van der Waals surface area contributed by atoms with Gasteiger partial charge in [0.2, 0.25) is 0 Å². The van der Waals surface area contributed by atoms with E-state index >= 15 is 0 Å². The molecule has 0 N–H and O–H groups in total. The molecule has 0 aliphatic carbocycles. The summed E-state index contributed by atoms with van der Waals surface area (Å²) in [5, 5.41) is 0. The minimum Gasteiger partial charge on any atom is -0.325 e. The fraction of sp³-hybridized carbons (Fsp3) is 0.667. The van der Waals surface area contributed by atoms with Gasteiger partial charge in [-0.1, -0.05) is 0 Å². The van der Waals surface area contributed by atoms with Gasteiger partial charge < -0.3 is 9.80 Å². The minimum absolute atomic E-state index is 0.320. The van der Waals surface area contributed by atoms with E-state index in [2.05, 4.69) is 26.9 Å². The average molecular weight is 299 g/mol. The van der Waals surface area contributed by atoms with Crippen molar-refractivity contribution < 1.29 is 4.79 Å². The third kappa shape index (κ3) is 2.49. The molecule has 3 fully saturated rings. The summed E-state index contributed by atoms with van der Waals surface area (Å²) in [6, 6.07) is 5.51. The molecule has 4 rings (SSSR count). The van der Waals surface area contributed by atoms with Crippen LogP contribution in [0, 0.1) is 0 Å². The van der Waals surface area contributed by atoms with E-state index in [1.54, 1.807) is 0 Å². The molecule has 1 aromatic heterocycles. The van der Waals surface area contributed by atoms with Crippen molar-refractivity contribution in [2.45, 2.75) is 62.9 Å². The first kappa shape index (κ1) is 14.0. The smallest absolute Gasteiger partial charge is 0.320 e. The highest BCUT2D eigenvalue weighted by Crippen LogP contribution is 2.43. The van der Waals surface area contributed by atoms with Gasteiger partial charge in [0, 0.05) is 37.6 Å². The van der Waals surface area contributed by atoms with Gasteiger partial charge >= 0.3 is 6.03 Å². The van der Waals surface area contributed by atoms with Crippen LogP contribution in [0.2, 0.25) is 0 Å². The van der Waals surface area contributed by atoms with Crippen LogP contribution in [0.4, 0.5) is 4.79 Å². The molecule has 118 valence electrons. The summed E-state index contributed by atoms with van der Waals surface area (Å²) in [5.74, 6) is 0.603. The molecule has 2 amide bonds. The van der Waals surface area contributed by atoms with Crippen LogP contribution in [0.15, 0.2) is 24.5 Å². The average Bonchev–Trinajstić information content (AvgIpc) is 2.85. The van der Waals surface area contributed by atoms with E-state index in [9.17, 15) is 4.79 Å². The Bertz CT molecular complexity index is 512. The maximum Gasteiger partial charge on any atom is 0.320 e. The predicted molar refractivity (Wildman–Crippen MR) is 85.7 cm³/mol. The molecule has 0 spiro atoms. The van der Waals surface area contributed by atoms with Crippen molar-refractivity contribution in [2.75, 3.05) is 13.1 Å². The van der Waals surface area contributed by atoms with Crippen molar-refractivity contribution in [3.63, 3.8) is 0 Å². The van der Waals surface area contributed by atoms with Crippen molar-refractivity contribution >= 4 is 6.03 Å². The normalized spacial score (nSPS) is 31.4. The molecule has 0 radical (unpaired) electrons. The third-order valence-electron chi connectivity index (χ3n) is 5.76. The fourth-order valence-electron chi connectivity index (χ4n) is 4.65. The van der Waals surface area contributed by atoms with Gasteiger partial charge in [0.1, 0.15) is 0 Å². The molecule has 3 saturated heterocycles. The maximum absolute atomic E-state index is 12.9. The van der Waals surface area contributed by atoms with E-state index in [4.69, 9.17) is 0 Å². The molecule has 3 atom stereocenters. The fourth-order valence-corrected chi connectivity index (χ4v) is 4.65. The minimum atomic E-state index is 0.320. The highest BCUT2D eigenvalue weighted by atomic mass is 16.2. The number of rotatable bonds is 1. The Morgan fingerprint density at radius 3 is 2.27 bits per heavy atom. The van der Waals surface area contributed by atoms with Crippen LogP contribution in [-0.4, -0.2) is 46.0 Å². The Kier molecular flexibility index (Phi) is 3.77. The van der Waals surface area contributed by atoms with Gasteiger partial charge in [0.05, 0.1) is 0 Å². The number of urea groups is 1. The molecule has 1 aromatic rings. The number of piperidine rings is 2. The lowest BCUT2D eigenvalue weighted by atomic mass is 9.85. The molecular formula is C18H25N3O. The summed E-state index contributed by atoms with van der Waals surface area (Å²) >= 11 is 0. The van der Waals surface area contributed by atoms with Crippen molar-refractivity contribution in [3.05, 3.63) is 30.1 Å². The summed E-state index contributed by atoms with van der Waals surface area (Å²) in [4.78, 5) is 21.4. The van der Waals surface area contributed by atoms with E-state index < -0.39 is 0 Å².